The summed E-state index contributed by atoms with van der Waals surface area (Å²) >= 11 is 0. The van der Waals surface area contributed by atoms with Crippen LogP contribution in [-0.2, 0) is 0 Å². The molecule has 1 aromatic heterocycles. The Hall–Kier alpha value is -2.63. The van der Waals surface area contributed by atoms with Gasteiger partial charge in [-0.05, 0) is 31.0 Å². The first-order chi connectivity index (χ1) is 10.6. The van der Waals surface area contributed by atoms with Crippen LogP contribution in [0.15, 0.2) is 36.7 Å². The lowest BCUT2D eigenvalue weighted by Gasteiger charge is -2.15. The van der Waals surface area contributed by atoms with E-state index in [1.807, 2.05) is 31.2 Å². The minimum atomic E-state index is -1.09. The molecule has 0 amide bonds. The zero-order valence-electron chi connectivity index (χ0n) is 12.6. The van der Waals surface area contributed by atoms with E-state index >= 15 is 0 Å². The summed E-state index contributed by atoms with van der Waals surface area (Å²) in [7, 11) is 0. The second kappa shape index (κ2) is 7.40. The molecule has 0 saturated heterocycles. The number of ether oxygens (including phenoxy) is 1. The molecular formula is C16H19N3O3. The summed E-state index contributed by atoms with van der Waals surface area (Å²) in [5.41, 5.74) is 1.00. The molecule has 2 aromatic rings. The van der Waals surface area contributed by atoms with Gasteiger partial charge in [-0.3, -0.25) is 0 Å². The predicted molar refractivity (Wildman–Crippen MR) is 83.3 cm³/mol. The van der Waals surface area contributed by atoms with Crippen molar-refractivity contribution in [3.63, 3.8) is 0 Å². The Morgan fingerprint density at radius 2 is 2.00 bits per heavy atom. The van der Waals surface area contributed by atoms with E-state index in [-0.39, 0.29) is 11.7 Å². The molecule has 22 heavy (non-hydrogen) atoms. The van der Waals surface area contributed by atoms with Crippen LogP contribution in [0.3, 0.4) is 0 Å². The van der Waals surface area contributed by atoms with Crippen LogP contribution in [0.4, 0.5) is 5.82 Å². The number of aromatic carboxylic acids is 1. The summed E-state index contributed by atoms with van der Waals surface area (Å²) in [6.45, 7) is 4.77. The highest BCUT2D eigenvalue weighted by atomic mass is 16.5. The lowest BCUT2D eigenvalue weighted by atomic mass is 10.1. The fraction of sp³-hybridized carbons (Fsp3) is 0.312. The Bertz CT molecular complexity index is 612. The third-order valence-corrected chi connectivity index (χ3v) is 3.09. The van der Waals surface area contributed by atoms with Crippen molar-refractivity contribution < 1.29 is 14.6 Å². The normalized spacial score (nSPS) is 11.7. The van der Waals surface area contributed by atoms with Gasteiger partial charge < -0.3 is 15.2 Å². The van der Waals surface area contributed by atoms with E-state index < -0.39 is 5.97 Å². The third-order valence-electron chi connectivity index (χ3n) is 3.09. The number of carboxylic acids is 1. The molecule has 0 fully saturated rings. The minimum absolute atomic E-state index is 0.0187. The largest absolute Gasteiger partial charge is 0.494 e. The molecule has 0 saturated carbocycles. The molecule has 6 nitrogen and oxygen atoms in total. The number of rotatable bonds is 7. The number of benzene rings is 1. The van der Waals surface area contributed by atoms with Gasteiger partial charge >= 0.3 is 5.97 Å². The number of nitrogens with zero attached hydrogens (tertiary/aromatic N) is 2. The summed E-state index contributed by atoms with van der Waals surface area (Å²) in [5, 5.41) is 12.0. The monoisotopic (exact) mass is 301 g/mol. The highest BCUT2D eigenvalue weighted by Gasteiger charge is 2.09. The van der Waals surface area contributed by atoms with Crippen LogP contribution in [0.2, 0.25) is 0 Å². The number of anilines is 1. The molecule has 0 aliphatic rings. The molecule has 0 aliphatic carbocycles. The van der Waals surface area contributed by atoms with Crippen LogP contribution in [-0.4, -0.2) is 27.7 Å². The number of hydrogen-bond acceptors (Lipinski definition) is 5. The van der Waals surface area contributed by atoms with E-state index in [1.165, 1.54) is 12.4 Å². The van der Waals surface area contributed by atoms with Crippen LogP contribution in [0, 0.1) is 0 Å². The Morgan fingerprint density at radius 3 is 2.55 bits per heavy atom. The molecule has 0 aliphatic heterocycles. The predicted octanol–water partition coefficient (Wildman–Crippen LogP) is 3.14. The van der Waals surface area contributed by atoms with E-state index in [2.05, 4.69) is 22.2 Å². The van der Waals surface area contributed by atoms with Crippen molar-refractivity contribution in [1.29, 1.82) is 0 Å². The van der Waals surface area contributed by atoms with Gasteiger partial charge in [0.25, 0.3) is 0 Å². The average Bonchev–Trinajstić information content (AvgIpc) is 2.54. The van der Waals surface area contributed by atoms with Gasteiger partial charge in [0, 0.05) is 6.04 Å². The number of carboxylic acid groups (broad SMARTS) is 1. The van der Waals surface area contributed by atoms with Gasteiger partial charge in [-0.25, -0.2) is 14.8 Å². The van der Waals surface area contributed by atoms with E-state index in [0.717, 1.165) is 17.7 Å². The first kappa shape index (κ1) is 15.8. The standard InChI is InChI=1S/C16H19N3O3/c1-3-8-22-13-6-4-12(5-7-13)11(2)19-15-10-17-14(9-18-15)16(20)21/h4-7,9-11H,3,8H2,1-2H3,(H,18,19)(H,20,21). The molecule has 0 bridgehead atoms. The Labute approximate surface area is 129 Å². The van der Waals surface area contributed by atoms with Crippen molar-refractivity contribution in [3.8, 4) is 5.75 Å². The van der Waals surface area contributed by atoms with Crippen molar-refractivity contribution in [3.05, 3.63) is 47.9 Å². The number of aromatic nitrogens is 2. The lowest BCUT2D eigenvalue weighted by molar-refractivity contribution is 0.0690. The molecular weight excluding hydrogens is 282 g/mol. The first-order valence-electron chi connectivity index (χ1n) is 7.14. The minimum Gasteiger partial charge on any atom is -0.494 e. The van der Waals surface area contributed by atoms with Crippen LogP contribution in [0.25, 0.3) is 0 Å². The van der Waals surface area contributed by atoms with Crippen molar-refractivity contribution in [2.75, 3.05) is 11.9 Å². The van der Waals surface area contributed by atoms with Crippen molar-refractivity contribution in [2.45, 2.75) is 26.3 Å². The van der Waals surface area contributed by atoms with Crippen LogP contribution in [0.5, 0.6) is 5.75 Å². The van der Waals surface area contributed by atoms with Gasteiger partial charge in [0.2, 0.25) is 0 Å². The van der Waals surface area contributed by atoms with Crippen molar-refractivity contribution in [2.24, 2.45) is 0 Å². The highest BCUT2D eigenvalue weighted by Crippen LogP contribution is 2.20. The quantitative estimate of drug-likeness (QED) is 0.817. The molecule has 1 unspecified atom stereocenters. The highest BCUT2D eigenvalue weighted by molar-refractivity contribution is 5.84. The Kier molecular flexibility index (Phi) is 5.30. The maximum Gasteiger partial charge on any atom is 0.356 e. The Balaban J connectivity index is 1.99. The molecule has 1 heterocycles. The molecule has 1 atom stereocenters. The van der Waals surface area contributed by atoms with Gasteiger partial charge in [0.05, 0.1) is 19.0 Å². The number of hydrogen-bond donors (Lipinski definition) is 2. The van der Waals surface area contributed by atoms with Crippen molar-refractivity contribution in [1.82, 2.24) is 9.97 Å². The maximum absolute atomic E-state index is 10.7. The third kappa shape index (κ3) is 4.18. The molecule has 6 heteroatoms. The summed E-state index contributed by atoms with van der Waals surface area (Å²) < 4.78 is 5.55. The van der Waals surface area contributed by atoms with Gasteiger partial charge in [0.1, 0.15) is 11.6 Å². The van der Waals surface area contributed by atoms with Crippen LogP contribution < -0.4 is 10.1 Å². The van der Waals surface area contributed by atoms with E-state index in [4.69, 9.17) is 9.84 Å². The fourth-order valence-electron chi connectivity index (χ4n) is 1.89. The van der Waals surface area contributed by atoms with E-state index in [1.54, 1.807) is 0 Å². The zero-order chi connectivity index (χ0) is 15.9. The molecule has 1 aromatic carbocycles. The number of nitrogens with one attached hydrogen (secondary N) is 1. The average molecular weight is 301 g/mol. The molecule has 0 spiro atoms. The van der Waals surface area contributed by atoms with Crippen molar-refractivity contribution >= 4 is 11.8 Å². The van der Waals surface area contributed by atoms with E-state index in [0.29, 0.717) is 12.4 Å². The van der Waals surface area contributed by atoms with Crippen LogP contribution in [0.1, 0.15) is 42.4 Å². The topological polar surface area (TPSA) is 84.3 Å². The second-order valence-corrected chi connectivity index (χ2v) is 4.88. The molecule has 116 valence electrons. The Morgan fingerprint density at radius 1 is 1.27 bits per heavy atom. The summed E-state index contributed by atoms with van der Waals surface area (Å²) in [6, 6.07) is 7.86. The molecule has 2 rings (SSSR count). The van der Waals surface area contributed by atoms with Crippen LogP contribution >= 0.6 is 0 Å². The molecule has 2 N–H and O–H groups in total. The smallest absolute Gasteiger partial charge is 0.356 e. The van der Waals surface area contributed by atoms with Gasteiger partial charge in [-0.2, -0.15) is 0 Å². The van der Waals surface area contributed by atoms with Gasteiger partial charge in [0.15, 0.2) is 5.69 Å². The fourth-order valence-corrected chi connectivity index (χ4v) is 1.89. The SMILES string of the molecule is CCCOc1ccc(C(C)Nc2cnc(C(=O)O)cn2)cc1. The first-order valence-corrected chi connectivity index (χ1v) is 7.14. The number of carbonyl (C=O) groups is 1. The van der Waals surface area contributed by atoms with Gasteiger partial charge in [-0.1, -0.05) is 19.1 Å². The summed E-state index contributed by atoms with van der Waals surface area (Å²) in [5.74, 6) is 0.293. The van der Waals surface area contributed by atoms with E-state index in [9.17, 15) is 4.79 Å². The zero-order valence-corrected chi connectivity index (χ0v) is 12.6. The second-order valence-electron chi connectivity index (χ2n) is 4.88. The van der Waals surface area contributed by atoms with Gasteiger partial charge in [-0.15, -0.1) is 0 Å². The summed E-state index contributed by atoms with van der Waals surface area (Å²) in [4.78, 5) is 18.6. The summed E-state index contributed by atoms with van der Waals surface area (Å²) in [6.07, 6.45) is 3.63. The maximum atomic E-state index is 10.7. The lowest BCUT2D eigenvalue weighted by Crippen LogP contribution is -2.09. The molecule has 0 radical (unpaired) electrons.